The fourth-order valence-corrected chi connectivity index (χ4v) is 2.22. The van der Waals surface area contributed by atoms with E-state index in [-0.39, 0.29) is 0 Å². The zero-order valence-corrected chi connectivity index (χ0v) is 11.2. The molecule has 1 fully saturated rings. The fourth-order valence-electron chi connectivity index (χ4n) is 2.22. The molecule has 1 aliphatic carbocycles. The molecule has 0 aromatic rings. The summed E-state index contributed by atoms with van der Waals surface area (Å²) in [6.45, 7) is 6.70. The van der Waals surface area contributed by atoms with Crippen molar-refractivity contribution in [3.8, 4) is 0 Å². The van der Waals surface area contributed by atoms with Crippen LogP contribution < -0.4 is 5.32 Å². The van der Waals surface area contributed by atoms with Gasteiger partial charge in [0.25, 0.3) is 0 Å². The zero-order chi connectivity index (χ0) is 11.8. The van der Waals surface area contributed by atoms with Crippen molar-refractivity contribution in [1.29, 1.82) is 0 Å². The highest BCUT2D eigenvalue weighted by atomic mass is 16.5. The van der Waals surface area contributed by atoms with Crippen molar-refractivity contribution in [2.45, 2.75) is 38.6 Å². The molecule has 16 heavy (non-hydrogen) atoms. The van der Waals surface area contributed by atoms with Crippen molar-refractivity contribution in [3.05, 3.63) is 0 Å². The largest absolute Gasteiger partial charge is 0.383 e. The lowest BCUT2D eigenvalue weighted by Gasteiger charge is -2.29. The SMILES string of the molecule is CNCCCCN(CCOC)C(C)C1CC1. The molecular formula is C13H28N2O. The Labute approximate surface area is 101 Å². The molecule has 96 valence electrons. The molecule has 1 rings (SSSR count). The van der Waals surface area contributed by atoms with Gasteiger partial charge in [-0.25, -0.2) is 0 Å². The van der Waals surface area contributed by atoms with Crippen LogP contribution in [0.3, 0.4) is 0 Å². The molecule has 3 nitrogen and oxygen atoms in total. The third-order valence-electron chi connectivity index (χ3n) is 3.58. The van der Waals surface area contributed by atoms with Gasteiger partial charge in [0.1, 0.15) is 0 Å². The molecule has 1 aliphatic rings. The summed E-state index contributed by atoms with van der Waals surface area (Å²) in [5.74, 6) is 0.959. The Hall–Kier alpha value is -0.120. The van der Waals surface area contributed by atoms with Crippen molar-refractivity contribution < 1.29 is 4.74 Å². The Morgan fingerprint density at radius 2 is 2.06 bits per heavy atom. The van der Waals surface area contributed by atoms with Crippen LogP contribution in [0.2, 0.25) is 0 Å². The van der Waals surface area contributed by atoms with Crippen LogP contribution in [-0.2, 0) is 4.74 Å². The predicted octanol–water partition coefficient (Wildman–Crippen LogP) is 1.73. The first-order valence-corrected chi connectivity index (χ1v) is 6.67. The molecule has 0 heterocycles. The number of hydrogen-bond acceptors (Lipinski definition) is 3. The van der Waals surface area contributed by atoms with E-state index in [2.05, 4.69) is 17.1 Å². The van der Waals surface area contributed by atoms with Crippen LogP contribution in [0.25, 0.3) is 0 Å². The first-order valence-electron chi connectivity index (χ1n) is 6.67. The molecule has 0 spiro atoms. The summed E-state index contributed by atoms with van der Waals surface area (Å²) < 4.78 is 5.20. The van der Waals surface area contributed by atoms with Crippen molar-refractivity contribution in [2.24, 2.45) is 5.92 Å². The Morgan fingerprint density at radius 1 is 1.31 bits per heavy atom. The van der Waals surface area contributed by atoms with Gasteiger partial charge in [-0.15, -0.1) is 0 Å². The highest BCUT2D eigenvalue weighted by molar-refractivity contribution is 4.85. The monoisotopic (exact) mass is 228 g/mol. The Kier molecular flexibility index (Phi) is 7.01. The minimum Gasteiger partial charge on any atom is -0.383 e. The van der Waals surface area contributed by atoms with E-state index >= 15 is 0 Å². The molecule has 0 bridgehead atoms. The Bertz CT molecular complexity index is 171. The lowest BCUT2D eigenvalue weighted by Crippen LogP contribution is -2.38. The predicted molar refractivity (Wildman–Crippen MR) is 68.8 cm³/mol. The molecule has 1 atom stereocenters. The number of rotatable bonds is 10. The van der Waals surface area contributed by atoms with E-state index in [1.807, 2.05) is 7.05 Å². The molecule has 1 saturated carbocycles. The Balaban J connectivity index is 2.19. The van der Waals surface area contributed by atoms with Crippen molar-refractivity contribution in [3.63, 3.8) is 0 Å². The van der Waals surface area contributed by atoms with Gasteiger partial charge in [0.2, 0.25) is 0 Å². The first kappa shape index (κ1) is 13.9. The van der Waals surface area contributed by atoms with Crippen LogP contribution in [-0.4, -0.2) is 51.3 Å². The maximum absolute atomic E-state index is 5.20. The average molecular weight is 228 g/mol. The number of nitrogens with one attached hydrogen (secondary N) is 1. The molecule has 0 aromatic heterocycles. The second-order valence-corrected chi connectivity index (χ2v) is 4.92. The van der Waals surface area contributed by atoms with Crippen LogP contribution in [0.5, 0.6) is 0 Å². The number of hydrogen-bond donors (Lipinski definition) is 1. The second kappa shape index (κ2) is 8.04. The van der Waals surface area contributed by atoms with Gasteiger partial charge in [-0.05, 0) is 58.7 Å². The van der Waals surface area contributed by atoms with Gasteiger partial charge in [0.05, 0.1) is 6.61 Å². The van der Waals surface area contributed by atoms with Crippen LogP contribution in [0.4, 0.5) is 0 Å². The van der Waals surface area contributed by atoms with E-state index in [1.165, 1.54) is 32.2 Å². The normalized spacial score (nSPS) is 18.0. The molecular weight excluding hydrogens is 200 g/mol. The van der Waals surface area contributed by atoms with E-state index in [1.54, 1.807) is 7.11 Å². The fraction of sp³-hybridized carbons (Fsp3) is 1.00. The lowest BCUT2D eigenvalue weighted by atomic mass is 10.1. The summed E-state index contributed by atoms with van der Waals surface area (Å²) in [6, 6.07) is 0.754. The third kappa shape index (κ3) is 5.28. The van der Waals surface area contributed by atoms with Gasteiger partial charge >= 0.3 is 0 Å². The Morgan fingerprint density at radius 3 is 2.62 bits per heavy atom. The molecule has 3 heteroatoms. The number of ether oxygens (including phenoxy) is 1. The van der Waals surface area contributed by atoms with E-state index < -0.39 is 0 Å². The van der Waals surface area contributed by atoms with Crippen LogP contribution in [0.15, 0.2) is 0 Å². The van der Waals surface area contributed by atoms with Gasteiger partial charge in [-0.1, -0.05) is 0 Å². The molecule has 0 radical (unpaired) electrons. The summed E-state index contributed by atoms with van der Waals surface area (Å²) >= 11 is 0. The standard InChI is InChI=1S/C13H28N2O/c1-12(13-6-7-13)15(10-11-16-3)9-5-4-8-14-2/h12-14H,4-11H2,1-3H3. The summed E-state index contributed by atoms with van der Waals surface area (Å²) in [5.41, 5.74) is 0. The molecule has 0 saturated heterocycles. The zero-order valence-electron chi connectivity index (χ0n) is 11.2. The summed E-state index contributed by atoms with van der Waals surface area (Å²) in [7, 11) is 3.82. The van der Waals surface area contributed by atoms with Gasteiger partial charge < -0.3 is 10.1 Å². The molecule has 1 N–H and O–H groups in total. The third-order valence-corrected chi connectivity index (χ3v) is 3.58. The van der Waals surface area contributed by atoms with E-state index in [0.717, 1.165) is 31.7 Å². The number of methoxy groups -OCH3 is 1. The average Bonchev–Trinajstić information content (AvgIpc) is 3.11. The molecule has 1 unspecified atom stereocenters. The lowest BCUT2D eigenvalue weighted by molar-refractivity contribution is 0.115. The van der Waals surface area contributed by atoms with E-state index in [9.17, 15) is 0 Å². The van der Waals surface area contributed by atoms with Crippen molar-refractivity contribution in [1.82, 2.24) is 10.2 Å². The summed E-state index contributed by atoms with van der Waals surface area (Å²) in [6.07, 6.45) is 5.43. The topological polar surface area (TPSA) is 24.5 Å². The molecule has 0 aromatic carbocycles. The maximum Gasteiger partial charge on any atom is 0.0589 e. The quantitative estimate of drug-likeness (QED) is 0.576. The smallest absolute Gasteiger partial charge is 0.0589 e. The summed E-state index contributed by atoms with van der Waals surface area (Å²) in [4.78, 5) is 2.61. The van der Waals surface area contributed by atoms with Gasteiger partial charge in [-0.2, -0.15) is 0 Å². The van der Waals surface area contributed by atoms with Crippen LogP contribution in [0.1, 0.15) is 32.6 Å². The van der Waals surface area contributed by atoms with Crippen LogP contribution >= 0.6 is 0 Å². The number of unbranched alkanes of at least 4 members (excludes halogenated alkanes) is 1. The highest BCUT2D eigenvalue weighted by Gasteiger charge is 2.31. The van der Waals surface area contributed by atoms with E-state index in [0.29, 0.717) is 0 Å². The van der Waals surface area contributed by atoms with Gasteiger partial charge in [0.15, 0.2) is 0 Å². The molecule has 0 aliphatic heterocycles. The minimum atomic E-state index is 0.754. The number of nitrogens with zero attached hydrogens (tertiary/aromatic N) is 1. The first-order chi connectivity index (χ1) is 7.79. The maximum atomic E-state index is 5.20. The van der Waals surface area contributed by atoms with Gasteiger partial charge in [0, 0.05) is 19.7 Å². The van der Waals surface area contributed by atoms with Crippen LogP contribution in [0, 0.1) is 5.92 Å². The van der Waals surface area contributed by atoms with Gasteiger partial charge in [-0.3, -0.25) is 4.90 Å². The highest BCUT2D eigenvalue weighted by Crippen LogP contribution is 2.35. The van der Waals surface area contributed by atoms with Crippen molar-refractivity contribution in [2.75, 3.05) is 40.4 Å². The molecule has 0 amide bonds. The van der Waals surface area contributed by atoms with E-state index in [4.69, 9.17) is 4.74 Å². The summed E-state index contributed by atoms with van der Waals surface area (Å²) in [5, 5.41) is 3.21. The van der Waals surface area contributed by atoms with Crippen molar-refractivity contribution >= 4 is 0 Å². The minimum absolute atomic E-state index is 0.754. The second-order valence-electron chi connectivity index (χ2n) is 4.92.